The second kappa shape index (κ2) is 6.29. The molecular weight excluding hydrogens is 262 g/mol. The average Bonchev–Trinajstić information content (AvgIpc) is 2.40. The molecule has 0 amide bonds. The smallest absolute Gasteiger partial charge is 0.354 e. The molecular formula is C13H13N3O2S. The number of carboxylic acids is 1. The van der Waals surface area contributed by atoms with Crippen LogP contribution in [0.2, 0.25) is 0 Å². The zero-order valence-corrected chi connectivity index (χ0v) is 11.2. The van der Waals surface area contributed by atoms with E-state index in [2.05, 4.69) is 21.9 Å². The maximum absolute atomic E-state index is 10.8. The quantitative estimate of drug-likeness (QED) is 0.845. The molecule has 0 aromatic carbocycles. The van der Waals surface area contributed by atoms with Gasteiger partial charge >= 0.3 is 5.97 Å². The molecule has 0 fully saturated rings. The fourth-order valence-electron chi connectivity index (χ4n) is 1.54. The van der Waals surface area contributed by atoms with Crippen molar-refractivity contribution in [2.75, 3.05) is 0 Å². The topological polar surface area (TPSA) is 76.0 Å². The molecule has 0 spiro atoms. The van der Waals surface area contributed by atoms with Crippen molar-refractivity contribution >= 4 is 17.7 Å². The number of hydrogen-bond acceptors (Lipinski definition) is 5. The van der Waals surface area contributed by atoms with E-state index in [0.29, 0.717) is 0 Å². The van der Waals surface area contributed by atoms with Crippen molar-refractivity contribution in [3.63, 3.8) is 0 Å². The maximum Gasteiger partial charge on any atom is 0.354 e. The second-order valence-electron chi connectivity index (χ2n) is 3.88. The summed E-state index contributed by atoms with van der Waals surface area (Å²) in [5, 5.41) is 9.70. The maximum atomic E-state index is 10.8. The summed E-state index contributed by atoms with van der Waals surface area (Å²) in [5.41, 5.74) is 1.03. The number of aryl methyl sites for hydroxylation is 1. The predicted molar refractivity (Wildman–Crippen MR) is 71.3 cm³/mol. The summed E-state index contributed by atoms with van der Waals surface area (Å²) in [6, 6.07) is 5.22. The number of rotatable bonds is 5. The zero-order valence-electron chi connectivity index (χ0n) is 10.4. The van der Waals surface area contributed by atoms with Gasteiger partial charge in [0.2, 0.25) is 0 Å². The van der Waals surface area contributed by atoms with E-state index >= 15 is 0 Å². The van der Waals surface area contributed by atoms with Crippen LogP contribution in [-0.4, -0.2) is 26.0 Å². The monoisotopic (exact) mass is 275 g/mol. The minimum absolute atomic E-state index is 0.0350. The Morgan fingerprint density at radius 3 is 2.89 bits per heavy atom. The van der Waals surface area contributed by atoms with E-state index < -0.39 is 5.97 Å². The highest BCUT2D eigenvalue weighted by Gasteiger charge is 2.07. The van der Waals surface area contributed by atoms with Gasteiger partial charge in [-0.25, -0.2) is 19.7 Å². The van der Waals surface area contributed by atoms with Crippen LogP contribution in [0.5, 0.6) is 0 Å². The van der Waals surface area contributed by atoms with Crippen molar-refractivity contribution in [3.8, 4) is 0 Å². The van der Waals surface area contributed by atoms with Crippen molar-refractivity contribution < 1.29 is 9.90 Å². The Kier molecular flexibility index (Phi) is 4.46. The number of pyridine rings is 1. The third kappa shape index (κ3) is 3.75. The molecule has 0 unspecified atom stereocenters. The number of hydrogen-bond donors (Lipinski definition) is 1. The Hall–Kier alpha value is -1.95. The van der Waals surface area contributed by atoms with Crippen molar-refractivity contribution in [1.29, 1.82) is 0 Å². The van der Waals surface area contributed by atoms with Gasteiger partial charge in [-0.2, -0.15) is 0 Å². The Bertz CT molecular complexity index is 590. The van der Waals surface area contributed by atoms with Crippen LogP contribution in [0.25, 0.3) is 0 Å². The zero-order chi connectivity index (χ0) is 13.7. The summed E-state index contributed by atoms with van der Waals surface area (Å²) in [7, 11) is 0. The summed E-state index contributed by atoms with van der Waals surface area (Å²) in [6.45, 7) is 2.09. The molecule has 6 heteroatoms. The molecule has 19 heavy (non-hydrogen) atoms. The molecule has 0 aliphatic heterocycles. The first kappa shape index (κ1) is 13.5. The number of aromatic nitrogens is 3. The van der Waals surface area contributed by atoms with Gasteiger partial charge in [-0.3, -0.25) is 0 Å². The first-order valence-corrected chi connectivity index (χ1v) is 6.69. The Balaban J connectivity index is 2.18. The van der Waals surface area contributed by atoms with Crippen molar-refractivity contribution in [2.45, 2.75) is 29.7 Å². The number of carboxylic acid groups (broad SMARTS) is 1. The molecule has 0 radical (unpaired) electrons. The van der Waals surface area contributed by atoms with Gasteiger partial charge < -0.3 is 5.11 Å². The summed E-state index contributed by atoms with van der Waals surface area (Å²) < 4.78 is 0. The molecule has 2 heterocycles. The van der Waals surface area contributed by atoms with E-state index in [0.717, 1.165) is 28.5 Å². The third-order valence-corrected chi connectivity index (χ3v) is 3.30. The largest absolute Gasteiger partial charge is 0.477 e. The van der Waals surface area contributed by atoms with Crippen LogP contribution in [0, 0.1) is 0 Å². The molecule has 1 N–H and O–H groups in total. The van der Waals surface area contributed by atoms with Crippen LogP contribution in [0.3, 0.4) is 0 Å². The normalized spacial score (nSPS) is 10.4. The average molecular weight is 275 g/mol. The number of aromatic carboxylic acids is 1. The summed E-state index contributed by atoms with van der Waals surface area (Å²) in [4.78, 5) is 23.8. The molecule has 0 aliphatic rings. The number of nitrogens with zero attached hydrogens (tertiary/aromatic N) is 3. The highest BCUT2D eigenvalue weighted by atomic mass is 32.2. The van der Waals surface area contributed by atoms with E-state index in [-0.39, 0.29) is 5.69 Å². The van der Waals surface area contributed by atoms with E-state index in [1.54, 1.807) is 6.07 Å². The van der Waals surface area contributed by atoms with E-state index in [4.69, 9.17) is 5.11 Å². The lowest BCUT2D eigenvalue weighted by Gasteiger charge is -2.03. The minimum atomic E-state index is -1.03. The molecule has 0 bridgehead atoms. The molecule has 2 aromatic heterocycles. The van der Waals surface area contributed by atoms with Crippen molar-refractivity contribution in [2.24, 2.45) is 0 Å². The van der Waals surface area contributed by atoms with Crippen LogP contribution in [0.4, 0.5) is 0 Å². The lowest BCUT2D eigenvalue weighted by atomic mass is 10.2. The van der Waals surface area contributed by atoms with Crippen LogP contribution in [-0.2, 0) is 6.42 Å². The Labute approximate surface area is 115 Å². The van der Waals surface area contributed by atoms with Crippen LogP contribution in [0.1, 0.15) is 29.5 Å². The predicted octanol–water partition coefficient (Wildman–Crippen LogP) is 2.67. The molecule has 0 atom stereocenters. The van der Waals surface area contributed by atoms with Crippen LogP contribution >= 0.6 is 11.8 Å². The van der Waals surface area contributed by atoms with Crippen LogP contribution < -0.4 is 0 Å². The summed E-state index contributed by atoms with van der Waals surface area (Å²) in [6.07, 6.45) is 4.96. The fraction of sp³-hybridized carbons (Fsp3) is 0.231. The molecule has 98 valence electrons. The molecule has 0 saturated heterocycles. The third-order valence-electron chi connectivity index (χ3n) is 2.38. The van der Waals surface area contributed by atoms with Crippen molar-refractivity contribution in [3.05, 3.63) is 42.1 Å². The van der Waals surface area contributed by atoms with Gasteiger partial charge in [0.25, 0.3) is 0 Å². The molecule has 5 nitrogen and oxygen atoms in total. The molecule has 0 saturated carbocycles. The van der Waals surface area contributed by atoms with Gasteiger partial charge in [-0.15, -0.1) is 0 Å². The van der Waals surface area contributed by atoms with Crippen LogP contribution in [0.15, 0.2) is 40.6 Å². The minimum Gasteiger partial charge on any atom is -0.477 e. The van der Waals surface area contributed by atoms with Gasteiger partial charge in [0.05, 0.1) is 0 Å². The fourth-order valence-corrected chi connectivity index (χ4v) is 2.37. The molecule has 0 aliphatic carbocycles. The molecule has 2 rings (SSSR count). The van der Waals surface area contributed by atoms with E-state index in [1.807, 2.05) is 6.07 Å². The second-order valence-corrected chi connectivity index (χ2v) is 4.98. The number of carbonyl (C=O) groups is 1. The van der Waals surface area contributed by atoms with Crippen molar-refractivity contribution in [1.82, 2.24) is 15.0 Å². The first-order valence-electron chi connectivity index (χ1n) is 5.87. The Morgan fingerprint density at radius 2 is 2.16 bits per heavy atom. The highest BCUT2D eigenvalue weighted by molar-refractivity contribution is 7.99. The Morgan fingerprint density at radius 1 is 1.32 bits per heavy atom. The lowest BCUT2D eigenvalue weighted by molar-refractivity contribution is 0.0690. The molecule has 2 aromatic rings. The SMILES string of the molecule is CCCc1cc(Sc2ccnc(C(=O)O)c2)ncn1. The highest BCUT2D eigenvalue weighted by Crippen LogP contribution is 2.26. The lowest BCUT2D eigenvalue weighted by Crippen LogP contribution is -1.99. The van der Waals surface area contributed by atoms with Gasteiger partial charge in [-0.05, 0) is 24.6 Å². The summed E-state index contributed by atoms with van der Waals surface area (Å²) in [5.74, 6) is -1.03. The summed E-state index contributed by atoms with van der Waals surface area (Å²) >= 11 is 1.40. The van der Waals surface area contributed by atoms with Gasteiger partial charge in [0, 0.05) is 16.8 Å². The van der Waals surface area contributed by atoms with Gasteiger partial charge in [0.1, 0.15) is 17.0 Å². The first-order chi connectivity index (χ1) is 9.19. The standard InChI is InChI=1S/C13H13N3O2S/c1-2-3-9-6-12(16-8-15-9)19-10-4-5-14-11(7-10)13(17)18/h4-8H,2-3H2,1H3,(H,17,18). The van der Waals surface area contributed by atoms with E-state index in [9.17, 15) is 4.79 Å². The van der Waals surface area contributed by atoms with E-state index in [1.165, 1.54) is 30.4 Å². The van der Waals surface area contributed by atoms with Gasteiger partial charge in [-0.1, -0.05) is 25.1 Å². The van der Waals surface area contributed by atoms with Gasteiger partial charge in [0.15, 0.2) is 0 Å².